The number of benzene rings is 1. The Bertz CT molecular complexity index is 824. The number of carbonyl (C=O) groups excluding carboxylic acids is 1. The minimum Gasteiger partial charge on any atom is -0.351 e. The third kappa shape index (κ3) is 5.37. The van der Waals surface area contributed by atoms with Crippen LogP contribution in [0.4, 0.5) is 5.95 Å². The van der Waals surface area contributed by atoms with Gasteiger partial charge in [-0.15, -0.1) is 0 Å². The molecule has 132 valence electrons. The van der Waals surface area contributed by atoms with Gasteiger partial charge in [-0.1, -0.05) is 30.3 Å². The Kier molecular flexibility index (Phi) is 6.25. The number of hydrogen-bond donors (Lipinski definition) is 2. The number of aromatic nitrogens is 3. The van der Waals surface area contributed by atoms with Crippen molar-refractivity contribution in [2.75, 3.05) is 11.9 Å². The van der Waals surface area contributed by atoms with Gasteiger partial charge < -0.3 is 10.6 Å². The fraction of sp³-hybridized carbons (Fsp3) is 0.200. The van der Waals surface area contributed by atoms with Gasteiger partial charge in [0.05, 0.1) is 0 Å². The van der Waals surface area contributed by atoms with Gasteiger partial charge in [-0.3, -0.25) is 9.78 Å². The van der Waals surface area contributed by atoms with E-state index in [0.29, 0.717) is 24.7 Å². The highest BCUT2D eigenvalue weighted by molar-refractivity contribution is 5.92. The summed E-state index contributed by atoms with van der Waals surface area (Å²) in [6, 6.07) is 15.7. The minimum atomic E-state index is -0.188. The quantitative estimate of drug-likeness (QED) is 0.613. The second kappa shape index (κ2) is 9.27. The number of nitrogens with one attached hydrogen (secondary N) is 2. The van der Waals surface area contributed by atoms with Gasteiger partial charge >= 0.3 is 0 Å². The Balaban J connectivity index is 1.46. The van der Waals surface area contributed by atoms with Crippen molar-refractivity contribution in [1.29, 1.82) is 0 Å². The summed E-state index contributed by atoms with van der Waals surface area (Å²) in [5.74, 6) is 0.242. The zero-order valence-corrected chi connectivity index (χ0v) is 14.4. The van der Waals surface area contributed by atoms with Crippen LogP contribution < -0.4 is 10.6 Å². The minimum absolute atomic E-state index is 0.188. The highest BCUT2D eigenvalue weighted by atomic mass is 16.1. The lowest BCUT2D eigenvalue weighted by atomic mass is 10.1. The van der Waals surface area contributed by atoms with Crippen LogP contribution in [0.1, 0.15) is 28.0 Å². The fourth-order valence-corrected chi connectivity index (χ4v) is 2.48. The van der Waals surface area contributed by atoms with E-state index in [0.717, 1.165) is 18.4 Å². The van der Waals surface area contributed by atoms with Crippen molar-refractivity contribution in [1.82, 2.24) is 20.3 Å². The summed E-state index contributed by atoms with van der Waals surface area (Å²) in [5.41, 5.74) is 2.70. The van der Waals surface area contributed by atoms with E-state index in [4.69, 9.17) is 0 Å². The molecule has 2 aromatic heterocycles. The molecule has 1 aromatic carbocycles. The maximum absolute atomic E-state index is 12.2. The van der Waals surface area contributed by atoms with Gasteiger partial charge in [-0.25, -0.2) is 9.97 Å². The molecule has 0 fully saturated rings. The third-order valence-corrected chi connectivity index (χ3v) is 3.86. The lowest BCUT2D eigenvalue weighted by Crippen LogP contribution is -2.26. The molecule has 3 aromatic rings. The smallest absolute Gasteiger partial charge is 0.270 e. The van der Waals surface area contributed by atoms with Gasteiger partial charge in [-0.2, -0.15) is 0 Å². The summed E-state index contributed by atoms with van der Waals surface area (Å²) >= 11 is 0. The lowest BCUT2D eigenvalue weighted by Gasteiger charge is -2.07. The molecule has 0 saturated carbocycles. The van der Waals surface area contributed by atoms with Crippen LogP contribution in [-0.4, -0.2) is 27.4 Å². The van der Waals surface area contributed by atoms with Crippen molar-refractivity contribution in [3.8, 4) is 0 Å². The Morgan fingerprint density at radius 2 is 1.73 bits per heavy atom. The van der Waals surface area contributed by atoms with Crippen LogP contribution >= 0.6 is 0 Å². The number of amides is 1. The molecule has 6 nitrogen and oxygen atoms in total. The number of nitrogens with zero attached hydrogens (tertiary/aromatic N) is 3. The molecule has 0 saturated heterocycles. The molecule has 0 radical (unpaired) electrons. The van der Waals surface area contributed by atoms with Crippen molar-refractivity contribution in [3.63, 3.8) is 0 Å². The maximum Gasteiger partial charge on any atom is 0.270 e. The van der Waals surface area contributed by atoms with Crippen molar-refractivity contribution in [2.45, 2.75) is 19.4 Å². The number of pyridine rings is 1. The molecule has 2 N–H and O–H groups in total. The van der Waals surface area contributed by atoms with Crippen molar-refractivity contribution in [2.24, 2.45) is 0 Å². The lowest BCUT2D eigenvalue weighted by molar-refractivity contribution is 0.0948. The van der Waals surface area contributed by atoms with Crippen LogP contribution in [0, 0.1) is 0 Å². The topological polar surface area (TPSA) is 79.8 Å². The van der Waals surface area contributed by atoms with E-state index in [9.17, 15) is 4.79 Å². The van der Waals surface area contributed by atoms with E-state index in [1.807, 2.05) is 30.3 Å². The summed E-state index contributed by atoms with van der Waals surface area (Å²) in [4.78, 5) is 24.7. The van der Waals surface area contributed by atoms with Crippen LogP contribution in [-0.2, 0) is 13.0 Å². The van der Waals surface area contributed by atoms with Gasteiger partial charge in [0, 0.05) is 31.7 Å². The molecule has 2 heterocycles. The van der Waals surface area contributed by atoms with Gasteiger partial charge in [0.2, 0.25) is 5.95 Å². The van der Waals surface area contributed by atoms with Crippen LogP contribution in [0.3, 0.4) is 0 Å². The highest BCUT2D eigenvalue weighted by Crippen LogP contribution is 2.05. The summed E-state index contributed by atoms with van der Waals surface area (Å²) in [6.45, 7) is 1.18. The molecule has 0 aliphatic carbocycles. The molecule has 0 aliphatic rings. The van der Waals surface area contributed by atoms with E-state index in [2.05, 4.69) is 37.7 Å². The molecule has 0 bridgehead atoms. The Morgan fingerprint density at radius 3 is 2.54 bits per heavy atom. The third-order valence-electron chi connectivity index (χ3n) is 3.86. The number of anilines is 1. The van der Waals surface area contributed by atoms with Crippen LogP contribution in [0.5, 0.6) is 0 Å². The molecule has 0 atom stereocenters. The van der Waals surface area contributed by atoms with E-state index in [1.165, 1.54) is 5.56 Å². The van der Waals surface area contributed by atoms with Gasteiger partial charge in [0.25, 0.3) is 5.91 Å². The second-order valence-corrected chi connectivity index (χ2v) is 5.82. The van der Waals surface area contributed by atoms with Crippen molar-refractivity contribution >= 4 is 11.9 Å². The zero-order valence-electron chi connectivity index (χ0n) is 14.4. The molecule has 3 rings (SSSR count). The Labute approximate surface area is 152 Å². The summed E-state index contributed by atoms with van der Waals surface area (Å²) < 4.78 is 0. The second-order valence-electron chi connectivity index (χ2n) is 5.82. The predicted molar refractivity (Wildman–Crippen MR) is 101 cm³/mol. The van der Waals surface area contributed by atoms with E-state index < -0.39 is 0 Å². The predicted octanol–water partition coefficient (Wildman–Crippen LogP) is 2.85. The first-order valence-corrected chi connectivity index (χ1v) is 8.59. The van der Waals surface area contributed by atoms with E-state index in [1.54, 1.807) is 24.7 Å². The first-order valence-electron chi connectivity index (χ1n) is 8.59. The van der Waals surface area contributed by atoms with Gasteiger partial charge in [0.15, 0.2) is 0 Å². The standard InChI is InChI=1S/C20H21N5O/c26-19(22-11-4-7-16-5-2-1-3-6-16)18-10-14-23-20(25-18)24-15-17-8-12-21-13-9-17/h1-3,5-6,8-10,12-14H,4,7,11,15H2,(H,22,26)(H,23,24,25). The normalized spacial score (nSPS) is 10.3. The number of hydrogen-bond acceptors (Lipinski definition) is 5. The van der Waals surface area contributed by atoms with E-state index in [-0.39, 0.29) is 5.91 Å². The molecular weight excluding hydrogens is 326 g/mol. The summed E-state index contributed by atoms with van der Waals surface area (Å²) in [5, 5.41) is 6.02. The number of carbonyl (C=O) groups is 1. The first kappa shape index (κ1) is 17.5. The van der Waals surface area contributed by atoms with Crippen molar-refractivity contribution in [3.05, 3.63) is 83.9 Å². The molecule has 6 heteroatoms. The van der Waals surface area contributed by atoms with Gasteiger partial charge in [0.1, 0.15) is 5.69 Å². The highest BCUT2D eigenvalue weighted by Gasteiger charge is 2.08. The Morgan fingerprint density at radius 1 is 0.923 bits per heavy atom. The molecule has 0 aliphatic heterocycles. The van der Waals surface area contributed by atoms with Crippen molar-refractivity contribution < 1.29 is 4.79 Å². The first-order chi connectivity index (χ1) is 12.8. The largest absolute Gasteiger partial charge is 0.351 e. The monoisotopic (exact) mass is 347 g/mol. The average molecular weight is 347 g/mol. The number of rotatable bonds is 8. The Hall–Kier alpha value is -3.28. The van der Waals surface area contributed by atoms with Gasteiger partial charge in [-0.05, 0) is 42.2 Å². The SMILES string of the molecule is O=C(NCCCc1ccccc1)c1ccnc(NCc2ccncc2)n1. The van der Waals surface area contributed by atoms with Crippen LogP contribution in [0.2, 0.25) is 0 Å². The van der Waals surface area contributed by atoms with E-state index >= 15 is 0 Å². The fourth-order valence-electron chi connectivity index (χ4n) is 2.48. The molecule has 1 amide bonds. The summed E-state index contributed by atoms with van der Waals surface area (Å²) in [7, 11) is 0. The van der Waals surface area contributed by atoms with Crippen LogP contribution in [0.25, 0.3) is 0 Å². The number of aryl methyl sites for hydroxylation is 1. The summed E-state index contributed by atoms with van der Waals surface area (Å²) in [6.07, 6.45) is 6.87. The molecule has 0 spiro atoms. The molecule has 26 heavy (non-hydrogen) atoms. The zero-order chi connectivity index (χ0) is 18.0. The average Bonchev–Trinajstić information content (AvgIpc) is 2.71. The maximum atomic E-state index is 12.2. The van der Waals surface area contributed by atoms with Crippen LogP contribution in [0.15, 0.2) is 67.1 Å². The molecular formula is C20H21N5O. The molecule has 0 unspecified atom stereocenters.